The van der Waals surface area contributed by atoms with E-state index in [9.17, 15) is 19.8 Å². The largest absolute Gasteiger partial charge is 0.508 e. The first-order valence-electron chi connectivity index (χ1n) is 10.3. The Balaban J connectivity index is 1.89. The van der Waals surface area contributed by atoms with Gasteiger partial charge in [-0.3, -0.25) is 9.59 Å². The molecule has 2 unspecified atom stereocenters. The molecule has 1 amide bonds. The van der Waals surface area contributed by atoms with Crippen molar-refractivity contribution in [2.45, 2.75) is 31.9 Å². The van der Waals surface area contributed by atoms with Crippen LogP contribution in [0.1, 0.15) is 35.6 Å². The van der Waals surface area contributed by atoms with Crippen LogP contribution in [0.5, 0.6) is 11.5 Å². The average molecular weight is 458 g/mol. The van der Waals surface area contributed by atoms with E-state index in [4.69, 9.17) is 21.1 Å². The Labute approximate surface area is 190 Å². The van der Waals surface area contributed by atoms with Crippen LogP contribution in [0.25, 0.3) is 5.76 Å². The molecule has 2 atom stereocenters. The van der Waals surface area contributed by atoms with Crippen LogP contribution < -0.4 is 4.74 Å². The van der Waals surface area contributed by atoms with E-state index in [0.717, 1.165) is 18.4 Å². The Morgan fingerprint density at radius 1 is 1.25 bits per heavy atom. The number of rotatable bonds is 5. The Morgan fingerprint density at radius 2 is 1.97 bits per heavy atom. The first kappa shape index (κ1) is 22.2. The summed E-state index contributed by atoms with van der Waals surface area (Å²) in [6.07, 6.45) is 1.49. The van der Waals surface area contributed by atoms with Crippen molar-refractivity contribution < 1.29 is 29.3 Å². The van der Waals surface area contributed by atoms with Crippen LogP contribution in [0.4, 0.5) is 0 Å². The van der Waals surface area contributed by atoms with Crippen LogP contribution >= 0.6 is 11.6 Å². The number of Topliss-reactive ketones (excluding diaryl/α,β-unsaturated/α-hetero) is 1. The maximum atomic E-state index is 13.2. The van der Waals surface area contributed by atoms with Crippen molar-refractivity contribution in [1.29, 1.82) is 0 Å². The van der Waals surface area contributed by atoms with Crippen molar-refractivity contribution in [2.75, 3.05) is 20.3 Å². The molecule has 0 aromatic heterocycles. The predicted octanol–water partition coefficient (Wildman–Crippen LogP) is 3.96. The van der Waals surface area contributed by atoms with Gasteiger partial charge in [0.2, 0.25) is 0 Å². The Kier molecular flexibility index (Phi) is 6.13. The zero-order valence-corrected chi connectivity index (χ0v) is 18.6. The summed E-state index contributed by atoms with van der Waals surface area (Å²) >= 11 is 6.30. The molecular formula is C24H24ClNO6. The minimum absolute atomic E-state index is 0.0527. The number of aryl methyl sites for hydroxylation is 1. The van der Waals surface area contributed by atoms with Crippen LogP contribution in [0, 0.1) is 6.92 Å². The highest BCUT2D eigenvalue weighted by molar-refractivity contribution is 6.46. The Morgan fingerprint density at radius 3 is 2.59 bits per heavy atom. The number of amides is 1. The first-order valence-corrected chi connectivity index (χ1v) is 10.7. The standard InChI is InChI=1S/C24H24ClNO6/c1-13-10-17(23(31-2)18(25)11-13)21(28)19-20(14-5-7-15(27)8-6-14)26(24(30)22(19)29)12-16-4-3-9-32-16/h5-8,10-11,16,20,27-28H,3-4,9,12H2,1-2H3/b21-19+. The van der Waals surface area contributed by atoms with Crippen LogP contribution in [0.2, 0.25) is 5.02 Å². The molecule has 2 aromatic rings. The van der Waals surface area contributed by atoms with E-state index in [0.29, 0.717) is 12.2 Å². The van der Waals surface area contributed by atoms with Crippen LogP contribution in [-0.2, 0) is 14.3 Å². The van der Waals surface area contributed by atoms with E-state index in [2.05, 4.69) is 0 Å². The molecule has 4 rings (SSSR count). The molecule has 32 heavy (non-hydrogen) atoms. The van der Waals surface area contributed by atoms with Crippen LogP contribution in [-0.4, -0.2) is 53.2 Å². The number of carbonyl (C=O) groups is 2. The van der Waals surface area contributed by atoms with E-state index >= 15 is 0 Å². The summed E-state index contributed by atoms with van der Waals surface area (Å²) in [7, 11) is 1.42. The normalized spacial score (nSPS) is 22.5. The third kappa shape index (κ3) is 3.94. The number of ketones is 1. The lowest BCUT2D eigenvalue weighted by Crippen LogP contribution is -2.36. The molecule has 0 radical (unpaired) electrons. The van der Waals surface area contributed by atoms with Gasteiger partial charge < -0.3 is 24.6 Å². The first-order chi connectivity index (χ1) is 15.3. The highest BCUT2D eigenvalue weighted by Crippen LogP contribution is 2.43. The SMILES string of the molecule is COc1c(Cl)cc(C)cc1/C(O)=C1\C(=O)C(=O)N(CC2CCCO2)C1c1ccc(O)cc1. The zero-order chi connectivity index (χ0) is 23.0. The fourth-order valence-electron chi connectivity index (χ4n) is 4.34. The number of phenolic OH excluding ortho intramolecular Hbond substituents is 1. The van der Waals surface area contributed by atoms with Gasteiger partial charge in [0.1, 0.15) is 17.3 Å². The van der Waals surface area contributed by atoms with Crippen LogP contribution in [0.3, 0.4) is 0 Å². The average Bonchev–Trinajstić information content (AvgIpc) is 3.36. The highest BCUT2D eigenvalue weighted by atomic mass is 35.5. The molecule has 168 valence electrons. The van der Waals surface area contributed by atoms with Gasteiger partial charge in [-0.1, -0.05) is 23.7 Å². The molecule has 2 saturated heterocycles. The number of hydrogen-bond donors (Lipinski definition) is 2. The van der Waals surface area contributed by atoms with Crippen molar-refractivity contribution in [1.82, 2.24) is 4.90 Å². The number of aliphatic hydroxyl groups is 1. The van der Waals surface area contributed by atoms with Gasteiger partial charge in [0.05, 0.1) is 35.4 Å². The van der Waals surface area contributed by atoms with Gasteiger partial charge in [-0.2, -0.15) is 0 Å². The van der Waals surface area contributed by atoms with Gasteiger partial charge in [0.25, 0.3) is 11.7 Å². The lowest BCUT2D eigenvalue weighted by Gasteiger charge is -2.27. The van der Waals surface area contributed by atoms with Crippen molar-refractivity contribution in [3.05, 3.63) is 63.7 Å². The van der Waals surface area contributed by atoms with Gasteiger partial charge in [-0.05, 0) is 55.2 Å². The third-order valence-corrected chi connectivity index (χ3v) is 6.10. The molecule has 2 heterocycles. The van der Waals surface area contributed by atoms with E-state index in [-0.39, 0.29) is 46.1 Å². The number of aliphatic hydroxyl groups excluding tert-OH is 1. The van der Waals surface area contributed by atoms with E-state index < -0.39 is 17.7 Å². The predicted molar refractivity (Wildman–Crippen MR) is 119 cm³/mol. The van der Waals surface area contributed by atoms with Crippen molar-refractivity contribution >= 4 is 29.1 Å². The van der Waals surface area contributed by atoms with Gasteiger partial charge in [0.15, 0.2) is 0 Å². The summed E-state index contributed by atoms with van der Waals surface area (Å²) in [5.41, 5.74) is 1.52. The lowest BCUT2D eigenvalue weighted by atomic mass is 9.94. The molecule has 2 aliphatic heterocycles. The molecular weight excluding hydrogens is 434 g/mol. The minimum Gasteiger partial charge on any atom is -0.508 e. The fourth-order valence-corrected chi connectivity index (χ4v) is 4.69. The van der Waals surface area contributed by atoms with Crippen molar-refractivity contribution in [3.8, 4) is 11.5 Å². The second-order valence-corrected chi connectivity index (χ2v) is 8.41. The van der Waals surface area contributed by atoms with Gasteiger partial charge in [0, 0.05) is 13.2 Å². The maximum absolute atomic E-state index is 13.2. The summed E-state index contributed by atoms with van der Waals surface area (Å²) in [4.78, 5) is 27.6. The molecule has 0 aliphatic carbocycles. The number of hydrogen-bond acceptors (Lipinski definition) is 6. The molecule has 2 N–H and O–H groups in total. The molecule has 2 aliphatic rings. The number of halogens is 1. The third-order valence-electron chi connectivity index (χ3n) is 5.82. The van der Waals surface area contributed by atoms with Gasteiger partial charge in [-0.15, -0.1) is 0 Å². The number of carbonyl (C=O) groups excluding carboxylic acids is 2. The van der Waals surface area contributed by atoms with E-state index in [1.165, 1.54) is 24.1 Å². The summed E-state index contributed by atoms with van der Waals surface area (Å²) in [5, 5.41) is 21.3. The number of aromatic hydroxyl groups is 1. The second kappa shape index (κ2) is 8.84. The highest BCUT2D eigenvalue weighted by Gasteiger charge is 2.47. The number of nitrogens with zero attached hydrogens (tertiary/aromatic N) is 1. The smallest absolute Gasteiger partial charge is 0.295 e. The number of methoxy groups -OCH3 is 1. The van der Waals surface area contributed by atoms with E-state index in [1.54, 1.807) is 31.2 Å². The molecule has 8 heteroatoms. The monoisotopic (exact) mass is 457 g/mol. The van der Waals surface area contributed by atoms with Gasteiger partial charge >= 0.3 is 0 Å². The van der Waals surface area contributed by atoms with Crippen LogP contribution in [0.15, 0.2) is 42.0 Å². The topological polar surface area (TPSA) is 96.3 Å². The minimum atomic E-state index is -0.844. The molecule has 2 fully saturated rings. The van der Waals surface area contributed by atoms with Crippen molar-refractivity contribution in [3.63, 3.8) is 0 Å². The number of likely N-dealkylation sites (tertiary alicyclic amines) is 1. The summed E-state index contributed by atoms with van der Waals surface area (Å²) < 4.78 is 11.1. The summed E-state index contributed by atoms with van der Waals surface area (Å²) in [6.45, 7) is 2.63. The molecule has 0 bridgehead atoms. The quantitative estimate of drug-likeness (QED) is 0.401. The van der Waals surface area contributed by atoms with Gasteiger partial charge in [-0.25, -0.2) is 0 Å². The summed E-state index contributed by atoms with van der Waals surface area (Å²) in [6, 6.07) is 8.71. The lowest BCUT2D eigenvalue weighted by molar-refractivity contribution is -0.140. The number of phenols is 1. The van der Waals surface area contributed by atoms with Crippen molar-refractivity contribution in [2.24, 2.45) is 0 Å². The fraction of sp³-hybridized carbons (Fsp3) is 0.333. The number of ether oxygens (including phenoxy) is 2. The molecule has 0 saturated carbocycles. The molecule has 0 spiro atoms. The Hall–Kier alpha value is -3.03. The Bertz CT molecular complexity index is 1090. The second-order valence-electron chi connectivity index (χ2n) is 8.01. The summed E-state index contributed by atoms with van der Waals surface area (Å²) in [5.74, 6) is -1.60. The van der Waals surface area contributed by atoms with E-state index in [1.807, 2.05) is 0 Å². The maximum Gasteiger partial charge on any atom is 0.295 e. The molecule has 2 aromatic carbocycles. The zero-order valence-electron chi connectivity index (χ0n) is 17.8. The molecule has 7 nitrogen and oxygen atoms in total. The number of benzene rings is 2.